The Kier molecular flexibility index (Phi) is 2.27. The van der Waals surface area contributed by atoms with Crippen molar-refractivity contribution < 1.29 is 14.6 Å². The third kappa shape index (κ3) is 1.42. The fourth-order valence-electron chi connectivity index (χ4n) is 3.46. The molecule has 3 heterocycles. The summed E-state index contributed by atoms with van der Waals surface area (Å²) in [5.41, 5.74) is 2.43. The van der Waals surface area contributed by atoms with Crippen LogP contribution in [0.25, 0.3) is 11.0 Å². The molecule has 2 aliphatic rings. The van der Waals surface area contributed by atoms with Gasteiger partial charge >= 0.3 is 0 Å². The van der Waals surface area contributed by atoms with Crippen LogP contribution < -0.4 is 0 Å². The first-order chi connectivity index (χ1) is 10.8. The molecule has 3 aromatic rings. The number of aromatic nitrogens is 2. The summed E-state index contributed by atoms with van der Waals surface area (Å²) in [6, 6.07) is 15.2. The highest BCUT2D eigenvalue weighted by Crippen LogP contribution is 2.45. The summed E-state index contributed by atoms with van der Waals surface area (Å²) in [6.07, 6.45) is -0.0373. The Morgan fingerprint density at radius 3 is 2.86 bits per heavy atom. The van der Waals surface area contributed by atoms with E-state index in [0.717, 1.165) is 16.6 Å². The summed E-state index contributed by atoms with van der Waals surface area (Å²) in [6.45, 7) is 1.16. The third-order valence-electron chi connectivity index (χ3n) is 4.38. The Morgan fingerprint density at radius 1 is 1.14 bits per heavy atom. The summed E-state index contributed by atoms with van der Waals surface area (Å²) in [5, 5.41) is 10.2. The van der Waals surface area contributed by atoms with Crippen molar-refractivity contribution in [2.75, 3.05) is 6.61 Å². The molecular weight excluding hydrogens is 280 g/mol. The van der Waals surface area contributed by atoms with Crippen LogP contribution in [0.5, 0.6) is 5.75 Å². The van der Waals surface area contributed by atoms with E-state index < -0.39 is 5.79 Å². The highest BCUT2D eigenvalue weighted by Gasteiger charge is 2.52. The number of aromatic hydroxyl groups is 1. The van der Waals surface area contributed by atoms with E-state index >= 15 is 0 Å². The van der Waals surface area contributed by atoms with E-state index in [1.807, 2.05) is 41.0 Å². The number of phenolic OH excluding ortho intramolecular Hbond substituents is 1. The standard InChI is InChI=1S/C17H14N2O3/c20-14-8-4-7-13-15(14)19-9-12-10-21-17(22-12,16(19)18-13)11-5-2-1-3-6-11/h1-8,12,20H,9-10H2. The molecular formula is C17H14N2O3. The molecule has 1 fully saturated rings. The van der Waals surface area contributed by atoms with Crippen LogP contribution in [0.15, 0.2) is 48.5 Å². The molecule has 0 spiro atoms. The second-order valence-corrected chi connectivity index (χ2v) is 5.72. The monoisotopic (exact) mass is 294 g/mol. The molecule has 2 bridgehead atoms. The van der Waals surface area contributed by atoms with Crippen LogP contribution in [0.2, 0.25) is 0 Å². The Labute approximate surface area is 126 Å². The number of hydrogen-bond acceptors (Lipinski definition) is 4. The number of fused-ring (bicyclic) bond motifs is 6. The first-order valence-corrected chi connectivity index (χ1v) is 7.34. The van der Waals surface area contributed by atoms with Gasteiger partial charge in [-0.15, -0.1) is 0 Å². The lowest BCUT2D eigenvalue weighted by atomic mass is 10.0. The lowest BCUT2D eigenvalue weighted by molar-refractivity contribution is -0.162. The molecule has 0 saturated carbocycles. The topological polar surface area (TPSA) is 56.5 Å². The summed E-state index contributed by atoms with van der Waals surface area (Å²) >= 11 is 0. The smallest absolute Gasteiger partial charge is 0.256 e. The van der Waals surface area contributed by atoms with Crippen LogP contribution in [0, 0.1) is 0 Å². The van der Waals surface area contributed by atoms with Crippen LogP contribution >= 0.6 is 0 Å². The second-order valence-electron chi connectivity index (χ2n) is 5.72. The van der Waals surface area contributed by atoms with Gasteiger partial charge in [0.2, 0.25) is 0 Å². The summed E-state index contributed by atoms with van der Waals surface area (Å²) in [5.74, 6) is -0.0416. The summed E-state index contributed by atoms with van der Waals surface area (Å²) in [7, 11) is 0. The maximum atomic E-state index is 10.2. The number of para-hydroxylation sites is 1. The van der Waals surface area contributed by atoms with E-state index in [1.165, 1.54) is 0 Å². The average molecular weight is 294 g/mol. The SMILES string of the molecule is Oc1cccc2nc3n(c12)CC1COC3(c2ccccc2)O1. The molecule has 1 aromatic heterocycles. The van der Waals surface area contributed by atoms with E-state index in [2.05, 4.69) is 0 Å². The van der Waals surface area contributed by atoms with Gasteiger partial charge < -0.3 is 19.1 Å². The number of ether oxygens (including phenoxy) is 2. The van der Waals surface area contributed by atoms with Gasteiger partial charge in [-0.3, -0.25) is 0 Å². The highest BCUT2D eigenvalue weighted by molar-refractivity contribution is 5.82. The molecule has 110 valence electrons. The molecule has 0 radical (unpaired) electrons. The third-order valence-corrected chi connectivity index (χ3v) is 4.38. The fourth-order valence-corrected chi connectivity index (χ4v) is 3.46. The van der Waals surface area contributed by atoms with E-state index in [-0.39, 0.29) is 11.9 Å². The van der Waals surface area contributed by atoms with Crippen LogP contribution in [-0.2, 0) is 21.8 Å². The van der Waals surface area contributed by atoms with E-state index in [4.69, 9.17) is 14.5 Å². The summed E-state index contributed by atoms with van der Waals surface area (Å²) in [4.78, 5) is 4.69. The molecule has 0 aliphatic carbocycles. The van der Waals surface area contributed by atoms with E-state index in [0.29, 0.717) is 19.0 Å². The quantitative estimate of drug-likeness (QED) is 0.748. The minimum Gasteiger partial charge on any atom is -0.506 e. The minimum absolute atomic E-state index is 0.0373. The Bertz CT molecular complexity index is 874. The molecule has 22 heavy (non-hydrogen) atoms. The lowest BCUT2D eigenvalue weighted by Crippen LogP contribution is -2.38. The van der Waals surface area contributed by atoms with Gasteiger partial charge in [0.15, 0.2) is 5.82 Å². The number of rotatable bonds is 1. The molecule has 5 nitrogen and oxygen atoms in total. The second kappa shape index (κ2) is 4.09. The number of imidazole rings is 1. The molecule has 0 amide bonds. The van der Waals surface area contributed by atoms with Gasteiger partial charge in [0.05, 0.1) is 18.7 Å². The number of nitrogens with zero attached hydrogens (tertiary/aromatic N) is 2. The van der Waals surface area contributed by atoms with Crippen LogP contribution in [0.1, 0.15) is 11.4 Å². The van der Waals surface area contributed by atoms with Crippen molar-refractivity contribution in [2.45, 2.75) is 18.4 Å². The number of benzene rings is 2. The first-order valence-electron chi connectivity index (χ1n) is 7.34. The highest BCUT2D eigenvalue weighted by atomic mass is 16.7. The average Bonchev–Trinajstić information content (AvgIpc) is 3.10. The first kappa shape index (κ1) is 12.2. The largest absolute Gasteiger partial charge is 0.506 e. The van der Waals surface area contributed by atoms with Crippen molar-refractivity contribution in [3.8, 4) is 5.75 Å². The number of phenols is 1. The normalized spacial score (nSPS) is 26.3. The maximum Gasteiger partial charge on any atom is 0.256 e. The van der Waals surface area contributed by atoms with Crippen molar-refractivity contribution in [1.29, 1.82) is 0 Å². The minimum atomic E-state index is -0.977. The lowest BCUT2D eigenvalue weighted by Gasteiger charge is -2.32. The van der Waals surface area contributed by atoms with Gasteiger partial charge in [0.1, 0.15) is 17.4 Å². The van der Waals surface area contributed by atoms with Gasteiger partial charge in [-0.1, -0.05) is 36.4 Å². The van der Waals surface area contributed by atoms with Gasteiger partial charge in [0, 0.05) is 5.56 Å². The van der Waals surface area contributed by atoms with E-state index in [9.17, 15) is 5.11 Å². The van der Waals surface area contributed by atoms with Crippen LogP contribution in [0.3, 0.4) is 0 Å². The van der Waals surface area contributed by atoms with Crippen molar-refractivity contribution in [1.82, 2.24) is 9.55 Å². The molecule has 2 atom stereocenters. The Balaban J connectivity index is 1.84. The van der Waals surface area contributed by atoms with Gasteiger partial charge in [0.25, 0.3) is 5.79 Å². The van der Waals surface area contributed by atoms with Crippen molar-refractivity contribution in [3.63, 3.8) is 0 Å². The van der Waals surface area contributed by atoms with Gasteiger partial charge in [-0.25, -0.2) is 4.98 Å². The molecule has 2 unspecified atom stereocenters. The Hall–Kier alpha value is -2.37. The molecule has 5 heteroatoms. The summed E-state index contributed by atoms with van der Waals surface area (Å²) < 4.78 is 14.3. The zero-order chi connectivity index (χ0) is 14.7. The van der Waals surface area contributed by atoms with Crippen molar-refractivity contribution in [3.05, 3.63) is 59.9 Å². The van der Waals surface area contributed by atoms with Crippen LogP contribution in [-0.4, -0.2) is 27.4 Å². The molecule has 5 rings (SSSR count). The van der Waals surface area contributed by atoms with Gasteiger partial charge in [-0.2, -0.15) is 0 Å². The molecule has 2 aromatic carbocycles. The molecule has 2 aliphatic heterocycles. The Morgan fingerprint density at radius 2 is 2.00 bits per heavy atom. The molecule has 1 N–H and O–H groups in total. The zero-order valence-corrected chi connectivity index (χ0v) is 11.8. The predicted octanol–water partition coefficient (Wildman–Crippen LogP) is 2.37. The van der Waals surface area contributed by atoms with Crippen molar-refractivity contribution >= 4 is 11.0 Å². The van der Waals surface area contributed by atoms with Gasteiger partial charge in [-0.05, 0) is 12.1 Å². The zero-order valence-electron chi connectivity index (χ0n) is 11.8. The van der Waals surface area contributed by atoms with E-state index in [1.54, 1.807) is 12.1 Å². The molecule has 1 saturated heterocycles. The fraction of sp³-hybridized carbons (Fsp3) is 0.235. The number of hydrogen-bond donors (Lipinski definition) is 1. The van der Waals surface area contributed by atoms with Crippen LogP contribution in [0.4, 0.5) is 0 Å². The predicted molar refractivity (Wildman–Crippen MR) is 79.4 cm³/mol. The van der Waals surface area contributed by atoms with Crippen molar-refractivity contribution in [2.24, 2.45) is 0 Å². The maximum absolute atomic E-state index is 10.2.